The molecular formula is C19H24BrN3O3S. The van der Waals surface area contributed by atoms with Gasteiger partial charge in [0.2, 0.25) is 5.91 Å². The highest BCUT2D eigenvalue weighted by molar-refractivity contribution is 9.10. The molecule has 0 fully saturated rings. The lowest BCUT2D eigenvalue weighted by molar-refractivity contribution is -0.114. The quantitative estimate of drug-likeness (QED) is 0.725. The molecule has 1 N–H and O–H groups in total. The third-order valence-electron chi connectivity index (χ3n) is 4.10. The van der Waals surface area contributed by atoms with Crippen LogP contribution in [0.5, 0.6) is 0 Å². The van der Waals surface area contributed by atoms with Crippen molar-refractivity contribution in [3.05, 3.63) is 57.6 Å². The van der Waals surface area contributed by atoms with E-state index in [1.54, 1.807) is 12.1 Å². The number of carbonyl (C=O) groups excluding carboxylic acids is 1. The molecule has 0 spiro atoms. The Morgan fingerprint density at radius 1 is 1.04 bits per heavy atom. The zero-order valence-corrected chi connectivity index (χ0v) is 18.5. The second-order valence-corrected chi connectivity index (χ2v) is 9.52. The van der Waals surface area contributed by atoms with Gasteiger partial charge in [0.25, 0.3) is 0 Å². The number of anilines is 2. The highest BCUT2D eigenvalue weighted by Gasteiger charge is 2.28. The van der Waals surface area contributed by atoms with Crippen molar-refractivity contribution in [2.24, 2.45) is 0 Å². The van der Waals surface area contributed by atoms with Crippen molar-refractivity contribution >= 4 is 43.4 Å². The van der Waals surface area contributed by atoms with Crippen LogP contribution < -0.4 is 9.62 Å². The van der Waals surface area contributed by atoms with Gasteiger partial charge in [0.05, 0.1) is 5.69 Å². The van der Waals surface area contributed by atoms with E-state index in [1.165, 1.54) is 14.1 Å². The summed E-state index contributed by atoms with van der Waals surface area (Å²) in [6.07, 6.45) is 0. The fraction of sp³-hybridized carbons (Fsp3) is 0.316. The van der Waals surface area contributed by atoms with Gasteiger partial charge in [-0.2, -0.15) is 12.7 Å². The van der Waals surface area contributed by atoms with E-state index >= 15 is 0 Å². The minimum Gasteiger partial charge on any atom is -0.325 e. The summed E-state index contributed by atoms with van der Waals surface area (Å²) in [5.41, 5.74) is 3.77. The second kappa shape index (κ2) is 8.41. The van der Waals surface area contributed by atoms with Crippen LogP contribution in [0, 0.1) is 20.8 Å². The molecule has 0 heterocycles. The fourth-order valence-electron chi connectivity index (χ4n) is 2.53. The first-order valence-electron chi connectivity index (χ1n) is 8.36. The number of aryl methyl sites for hydroxylation is 3. The van der Waals surface area contributed by atoms with Gasteiger partial charge in [-0.05, 0) is 61.7 Å². The van der Waals surface area contributed by atoms with Crippen molar-refractivity contribution in [3.8, 4) is 0 Å². The average Bonchev–Trinajstić information content (AvgIpc) is 2.58. The molecule has 2 aromatic carbocycles. The van der Waals surface area contributed by atoms with Crippen molar-refractivity contribution in [1.82, 2.24) is 4.31 Å². The molecule has 1 amide bonds. The first-order chi connectivity index (χ1) is 12.5. The molecule has 0 radical (unpaired) electrons. The van der Waals surface area contributed by atoms with Crippen LogP contribution in [-0.4, -0.2) is 39.3 Å². The summed E-state index contributed by atoms with van der Waals surface area (Å²) in [7, 11) is -0.939. The lowest BCUT2D eigenvalue weighted by Crippen LogP contribution is -2.44. The highest BCUT2D eigenvalue weighted by atomic mass is 79.9. The van der Waals surface area contributed by atoms with E-state index in [2.05, 4.69) is 21.2 Å². The number of rotatable bonds is 6. The SMILES string of the molecule is Cc1ccc(C)c(N(CC(=O)Nc2ccc(Br)c(C)c2)S(=O)(=O)N(C)C)c1. The Bertz CT molecular complexity index is 959. The second-order valence-electron chi connectivity index (χ2n) is 6.60. The van der Waals surface area contributed by atoms with Crippen molar-refractivity contribution in [3.63, 3.8) is 0 Å². The summed E-state index contributed by atoms with van der Waals surface area (Å²) in [5.74, 6) is -0.414. The smallest absolute Gasteiger partial charge is 0.304 e. The Labute approximate surface area is 169 Å². The summed E-state index contributed by atoms with van der Waals surface area (Å²) in [4.78, 5) is 12.6. The van der Waals surface area contributed by atoms with Gasteiger partial charge in [-0.1, -0.05) is 28.1 Å². The number of hydrogen-bond acceptors (Lipinski definition) is 3. The molecule has 0 atom stereocenters. The van der Waals surface area contributed by atoms with Gasteiger partial charge in [-0.15, -0.1) is 0 Å². The lowest BCUT2D eigenvalue weighted by atomic mass is 10.1. The van der Waals surface area contributed by atoms with Crippen LogP contribution in [0.1, 0.15) is 16.7 Å². The Kier molecular flexibility index (Phi) is 6.67. The van der Waals surface area contributed by atoms with E-state index in [4.69, 9.17) is 0 Å². The molecule has 0 saturated heterocycles. The van der Waals surface area contributed by atoms with Gasteiger partial charge in [0, 0.05) is 24.3 Å². The van der Waals surface area contributed by atoms with Gasteiger partial charge >= 0.3 is 10.2 Å². The molecule has 27 heavy (non-hydrogen) atoms. The highest BCUT2D eigenvalue weighted by Crippen LogP contribution is 2.25. The summed E-state index contributed by atoms with van der Waals surface area (Å²) in [5, 5.41) is 2.77. The molecule has 0 bridgehead atoms. The molecule has 0 saturated carbocycles. The Balaban J connectivity index is 2.35. The van der Waals surface area contributed by atoms with Crippen molar-refractivity contribution in [2.45, 2.75) is 20.8 Å². The number of amides is 1. The molecule has 2 rings (SSSR count). The number of carbonyl (C=O) groups is 1. The largest absolute Gasteiger partial charge is 0.325 e. The summed E-state index contributed by atoms with van der Waals surface area (Å²) in [6, 6.07) is 10.9. The molecular weight excluding hydrogens is 430 g/mol. The Morgan fingerprint density at radius 2 is 1.70 bits per heavy atom. The van der Waals surface area contributed by atoms with Crippen molar-refractivity contribution in [2.75, 3.05) is 30.3 Å². The van der Waals surface area contributed by atoms with Gasteiger partial charge < -0.3 is 5.32 Å². The predicted molar refractivity (Wildman–Crippen MR) is 113 cm³/mol. The maximum atomic E-state index is 12.8. The molecule has 0 unspecified atom stereocenters. The molecule has 8 heteroatoms. The van der Waals surface area contributed by atoms with E-state index < -0.39 is 16.1 Å². The molecule has 2 aromatic rings. The number of benzene rings is 2. The number of halogens is 1. The van der Waals surface area contributed by atoms with E-state index in [0.717, 1.165) is 29.8 Å². The minimum absolute atomic E-state index is 0.320. The molecule has 6 nitrogen and oxygen atoms in total. The van der Waals surface area contributed by atoms with Crippen LogP contribution in [0.15, 0.2) is 40.9 Å². The predicted octanol–water partition coefficient (Wildman–Crippen LogP) is 3.63. The number of hydrogen-bond donors (Lipinski definition) is 1. The van der Waals surface area contributed by atoms with Crippen molar-refractivity contribution < 1.29 is 13.2 Å². The van der Waals surface area contributed by atoms with E-state index in [-0.39, 0.29) is 6.54 Å². The first-order valence-corrected chi connectivity index (χ1v) is 10.5. The molecule has 146 valence electrons. The van der Waals surface area contributed by atoms with Crippen LogP contribution in [0.2, 0.25) is 0 Å². The molecule has 0 aliphatic heterocycles. The third-order valence-corrected chi connectivity index (χ3v) is 6.80. The van der Waals surface area contributed by atoms with Crippen molar-refractivity contribution in [1.29, 1.82) is 0 Å². The Hall–Kier alpha value is -1.90. The number of nitrogens with one attached hydrogen (secondary N) is 1. The van der Waals surface area contributed by atoms with Crippen LogP contribution in [0.3, 0.4) is 0 Å². The van der Waals surface area contributed by atoms with Gasteiger partial charge in [-0.25, -0.2) is 4.31 Å². The Morgan fingerprint density at radius 3 is 2.30 bits per heavy atom. The zero-order chi connectivity index (χ0) is 20.4. The minimum atomic E-state index is -3.84. The zero-order valence-electron chi connectivity index (χ0n) is 16.1. The lowest BCUT2D eigenvalue weighted by Gasteiger charge is -2.28. The monoisotopic (exact) mass is 453 g/mol. The normalized spacial score (nSPS) is 11.5. The standard InChI is InChI=1S/C19H24BrN3O3S/c1-13-6-7-14(2)18(10-13)23(27(25,26)22(4)5)12-19(24)21-16-8-9-17(20)15(3)11-16/h6-11H,12H2,1-5H3,(H,21,24). The van der Waals surface area contributed by atoms with Crippen LogP contribution in [0.25, 0.3) is 0 Å². The van der Waals surface area contributed by atoms with Gasteiger partial charge in [0.15, 0.2) is 0 Å². The molecule has 0 aliphatic rings. The van der Waals surface area contributed by atoms with Crippen LogP contribution in [0.4, 0.5) is 11.4 Å². The van der Waals surface area contributed by atoms with E-state index in [1.807, 2.05) is 45.0 Å². The average molecular weight is 454 g/mol. The van der Waals surface area contributed by atoms with E-state index in [9.17, 15) is 13.2 Å². The van der Waals surface area contributed by atoms with E-state index in [0.29, 0.717) is 11.4 Å². The fourth-order valence-corrected chi connectivity index (χ4v) is 3.90. The van der Waals surface area contributed by atoms with Gasteiger partial charge in [-0.3, -0.25) is 4.79 Å². The van der Waals surface area contributed by atoms with Crippen LogP contribution >= 0.6 is 15.9 Å². The van der Waals surface area contributed by atoms with Gasteiger partial charge in [0.1, 0.15) is 6.54 Å². The summed E-state index contributed by atoms with van der Waals surface area (Å²) >= 11 is 3.42. The summed E-state index contributed by atoms with van der Waals surface area (Å²) in [6.45, 7) is 5.30. The maximum Gasteiger partial charge on any atom is 0.304 e. The number of nitrogens with zero attached hydrogens (tertiary/aromatic N) is 2. The third kappa shape index (κ3) is 5.09. The molecule has 0 aromatic heterocycles. The van der Waals surface area contributed by atoms with Crippen LogP contribution in [-0.2, 0) is 15.0 Å². The topological polar surface area (TPSA) is 69.7 Å². The molecule has 0 aliphatic carbocycles. The first kappa shape index (κ1) is 21.4. The summed E-state index contributed by atoms with van der Waals surface area (Å²) < 4.78 is 28.9. The maximum absolute atomic E-state index is 12.8.